The molecule has 0 aliphatic heterocycles. The number of hydrogen-bond donors (Lipinski definition) is 0. The summed E-state index contributed by atoms with van der Waals surface area (Å²) >= 11 is 0. The smallest absolute Gasteiger partial charge is 0.136 e. The van der Waals surface area contributed by atoms with Gasteiger partial charge in [-0.2, -0.15) is 0 Å². The first kappa shape index (κ1) is 11.6. The summed E-state index contributed by atoms with van der Waals surface area (Å²) in [5.41, 5.74) is -0.942. The molecule has 9 aromatic rings. The molecule has 1 nitrogen and oxygen atoms in total. The molecule has 0 spiro atoms. The lowest BCUT2D eigenvalue weighted by molar-refractivity contribution is 0.669. The molecule has 1 heteroatoms. The monoisotopic (exact) mass is 566 g/mol. The number of para-hydroxylation sites is 1. The largest absolute Gasteiger partial charge is 0.456 e. The van der Waals surface area contributed by atoms with Gasteiger partial charge in [-0.3, -0.25) is 0 Å². The molecule has 1 aromatic heterocycles. The van der Waals surface area contributed by atoms with Crippen molar-refractivity contribution in [2.75, 3.05) is 0 Å². The van der Waals surface area contributed by atoms with E-state index in [4.69, 9.17) is 29.1 Å². The highest BCUT2D eigenvalue weighted by Gasteiger charge is 2.16. The minimum absolute atomic E-state index is 0.0278. The van der Waals surface area contributed by atoms with Gasteiger partial charge in [-0.05, 0) is 96.0 Å². The van der Waals surface area contributed by atoms with Crippen molar-refractivity contribution in [2.24, 2.45) is 0 Å². The zero-order valence-electron chi connectivity index (χ0n) is 41.9. The molecular weight excluding hydrogens is 520 g/mol. The molecule has 9 rings (SSSR count). The highest BCUT2D eigenvalue weighted by molar-refractivity contribution is 6.21. The topological polar surface area (TPSA) is 13.1 Å². The lowest BCUT2D eigenvalue weighted by Crippen LogP contribution is -1.90. The van der Waals surface area contributed by atoms with Crippen LogP contribution in [0.5, 0.6) is 0 Å². The molecule has 1 heterocycles. The van der Waals surface area contributed by atoms with Crippen molar-refractivity contribution in [3.8, 4) is 33.4 Å². The third-order valence-electron chi connectivity index (χ3n) is 7.43. The lowest BCUT2D eigenvalue weighted by Gasteiger charge is -2.18. The standard InChI is InChI=1S/C42H26O/c1-2-10-27(11-3-1)41-35-13-4-6-15-37(35)42(38-16-7-5-14-36(38)41)32-21-20-28-24-29(18-19-30(28)25-32)31-22-23-34-33-12-8-9-17-39(33)43-40(34)26-31/h1-26H/i1D,2D,3D,4D,5D,6D,7D,8D,9D,10D,11D,12D,13D,14D,15D,16D,17D,22D,23D,26D. The molecule has 43 heavy (non-hydrogen) atoms. The van der Waals surface area contributed by atoms with Gasteiger partial charge >= 0.3 is 0 Å². The molecule has 0 fully saturated rings. The SMILES string of the molecule is [2H]c1c([2H])c([2H])c(-c2c3c([2H])c([2H])c([2H])c([2H])c3c(-c3ccc4cc(-c5c([2H])c([2H])c6c(oc7c([2H])c([2H])c([2H])c([2H])c76)c5[2H])ccc4c3)c3c([2H])c([2H])c([2H])c([2H])c23)c([2H])c1[2H]. The summed E-state index contributed by atoms with van der Waals surface area (Å²) in [6.45, 7) is 0. The number of fused-ring (bicyclic) bond motifs is 6. The number of benzene rings is 8. The van der Waals surface area contributed by atoms with Gasteiger partial charge in [-0.25, -0.2) is 0 Å². The van der Waals surface area contributed by atoms with Crippen LogP contribution < -0.4 is 0 Å². The van der Waals surface area contributed by atoms with Crippen LogP contribution in [0.3, 0.4) is 0 Å². The quantitative estimate of drug-likeness (QED) is 0.194. The maximum atomic E-state index is 9.20. The van der Waals surface area contributed by atoms with Crippen LogP contribution in [0.4, 0.5) is 0 Å². The molecule has 0 radical (unpaired) electrons. The van der Waals surface area contributed by atoms with E-state index in [9.17, 15) is 2.74 Å². The van der Waals surface area contributed by atoms with Crippen molar-refractivity contribution in [1.82, 2.24) is 0 Å². The van der Waals surface area contributed by atoms with E-state index in [1.807, 2.05) is 0 Å². The first-order chi connectivity index (χ1) is 29.6. The van der Waals surface area contributed by atoms with Crippen molar-refractivity contribution >= 4 is 54.3 Å². The van der Waals surface area contributed by atoms with Crippen LogP contribution in [0.2, 0.25) is 0 Å². The van der Waals surface area contributed by atoms with Crippen molar-refractivity contribution < 1.29 is 31.8 Å². The molecule has 200 valence electrons. The van der Waals surface area contributed by atoms with E-state index in [0.29, 0.717) is 16.3 Å². The molecule has 0 aliphatic rings. The molecule has 0 aliphatic carbocycles. The van der Waals surface area contributed by atoms with E-state index in [1.165, 1.54) is 6.07 Å². The summed E-state index contributed by atoms with van der Waals surface area (Å²) in [6, 6.07) is -2.99. The average molecular weight is 567 g/mol. The Balaban J connectivity index is 1.36. The molecule has 0 atom stereocenters. The van der Waals surface area contributed by atoms with Crippen LogP contribution >= 0.6 is 0 Å². The summed E-state index contributed by atoms with van der Waals surface area (Å²) in [6.07, 6.45) is 0. The van der Waals surface area contributed by atoms with Gasteiger partial charge in [-0.1, -0.05) is 127 Å². The molecular formula is C42H26O. The van der Waals surface area contributed by atoms with E-state index in [-0.39, 0.29) is 66.2 Å². The molecule has 0 amide bonds. The summed E-state index contributed by atoms with van der Waals surface area (Å²) in [4.78, 5) is 0. The Labute approximate surface area is 277 Å². The van der Waals surface area contributed by atoms with Gasteiger partial charge in [0, 0.05) is 10.8 Å². The van der Waals surface area contributed by atoms with Gasteiger partial charge in [0.05, 0.1) is 27.4 Å². The van der Waals surface area contributed by atoms with Gasteiger partial charge in [0.1, 0.15) is 11.2 Å². The number of rotatable bonds is 3. The fourth-order valence-corrected chi connectivity index (χ4v) is 5.54. The zero-order valence-corrected chi connectivity index (χ0v) is 21.9. The first-order valence-electron chi connectivity index (χ1n) is 23.1. The van der Waals surface area contributed by atoms with Crippen LogP contribution in [0.1, 0.15) is 27.4 Å². The summed E-state index contributed by atoms with van der Waals surface area (Å²) in [5, 5.41) is -0.394. The van der Waals surface area contributed by atoms with E-state index >= 15 is 0 Å². The summed E-state index contributed by atoms with van der Waals surface area (Å²) < 4.78 is 180. The molecule has 0 saturated heterocycles. The van der Waals surface area contributed by atoms with Crippen LogP contribution in [0, 0.1) is 0 Å². The van der Waals surface area contributed by atoms with Crippen molar-refractivity contribution in [3.05, 3.63) is 157 Å². The maximum Gasteiger partial charge on any atom is 0.136 e. The van der Waals surface area contributed by atoms with Gasteiger partial charge < -0.3 is 4.42 Å². The van der Waals surface area contributed by atoms with Crippen LogP contribution in [-0.2, 0) is 0 Å². The Morgan fingerprint density at radius 1 is 0.372 bits per heavy atom. The van der Waals surface area contributed by atoms with Crippen LogP contribution in [0.15, 0.2) is 162 Å². The van der Waals surface area contributed by atoms with Crippen molar-refractivity contribution in [1.29, 1.82) is 0 Å². The second kappa shape index (κ2) is 9.44. The summed E-state index contributed by atoms with van der Waals surface area (Å²) in [5.74, 6) is 0. The van der Waals surface area contributed by atoms with E-state index < -0.39 is 126 Å². The Morgan fingerprint density at radius 3 is 1.56 bits per heavy atom. The van der Waals surface area contributed by atoms with Crippen molar-refractivity contribution in [2.45, 2.75) is 0 Å². The summed E-state index contributed by atoms with van der Waals surface area (Å²) in [7, 11) is 0. The first-order valence-corrected chi connectivity index (χ1v) is 13.1. The maximum absolute atomic E-state index is 9.20. The predicted octanol–water partition coefficient (Wildman–Crippen LogP) is 12.0. The van der Waals surface area contributed by atoms with Gasteiger partial charge in [-0.15, -0.1) is 0 Å². The zero-order chi connectivity index (χ0) is 45.7. The van der Waals surface area contributed by atoms with Gasteiger partial charge in [0.2, 0.25) is 0 Å². The molecule has 8 aromatic carbocycles. The third kappa shape index (κ3) is 3.79. The van der Waals surface area contributed by atoms with E-state index in [2.05, 4.69) is 0 Å². The van der Waals surface area contributed by atoms with Crippen molar-refractivity contribution in [3.63, 3.8) is 0 Å². The molecule has 0 unspecified atom stereocenters. The predicted molar refractivity (Wildman–Crippen MR) is 183 cm³/mol. The molecule has 0 bridgehead atoms. The Kier molecular flexibility index (Phi) is 2.54. The molecule has 0 N–H and O–H groups in total. The van der Waals surface area contributed by atoms with Crippen LogP contribution in [0.25, 0.3) is 87.6 Å². The Morgan fingerprint density at radius 2 is 0.884 bits per heavy atom. The van der Waals surface area contributed by atoms with Gasteiger partial charge in [0.25, 0.3) is 0 Å². The third-order valence-corrected chi connectivity index (χ3v) is 7.43. The Bertz CT molecular complexity index is 3520. The number of furan rings is 1. The fourth-order valence-electron chi connectivity index (χ4n) is 5.54. The normalized spacial score (nSPS) is 18.2. The highest BCUT2D eigenvalue weighted by atomic mass is 16.3. The minimum Gasteiger partial charge on any atom is -0.456 e. The van der Waals surface area contributed by atoms with E-state index in [0.717, 1.165) is 0 Å². The Hall–Kier alpha value is -5.66. The molecule has 0 saturated carbocycles. The lowest BCUT2D eigenvalue weighted by atomic mass is 9.85. The second-order valence-corrected chi connectivity index (χ2v) is 9.79. The second-order valence-electron chi connectivity index (χ2n) is 9.79. The average Bonchev–Trinajstić information content (AvgIpc) is 3.69. The number of hydrogen-bond acceptors (Lipinski definition) is 1. The van der Waals surface area contributed by atoms with E-state index in [1.54, 1.807) is 30.3 Å². The van der Waals surface area contributed by atoms with Crippen LogP contribution in [-0.4, -0.2) is 0 Å². The minimum atomic E-state index is -0.770. The highest BCUT2D eigenvalue weighted by Crippen LogP contribution is 2.44. The van der Waals surface area contributed by atoms with Gasteiger partial charge in [0.15, 0.2) is 0 Å². The fraction of sp³-hybridized carbons (Fsp3) is 0.